The molecule has 11 heteroatoms. The fraction of sp³-hybridized carbons (Fsp3) is 0.250. The van der Waals surface area contributed by atoms with Gasteiger partial charge in [-0.3, -0.25) is 25.0 Å². The number of alkyl halides is 3. The van der Waals surface area contributed by atoms with Crippen LogP contribution in [0.5, 0.6) is 5.75 Å². The normalized spacial score (nSPS) is 15.6. The van der Waals surface area contributed by atoms with Gasteiger partial charge < -0.3 is 10.1 Å². The molecule has 1 heterocycles. The molecule has 0 spiro atoms. The van der Waals surface area contributed by atoms with Crippen molar-refractivity contribution in [2.24, 2.45) is 0 Å². The number of imide groups is 2. The number of nitrogens with one attached hydrogen (secondary N) is 3. The minimum atomic E-state index is -1.91. The fourth-order valence-electron chi connectivity index (χ4n) is 1.98. The van der Waals surface area contributed by atoms with E-state index < -0.39 is 27.9 Å². The molecular weight excluding hydrogens is 421 g/mol. The number of hydrogen-bond donors (Lipinski definition) is 3. The van der Waals surface area contributed by atoms with E-state index in [0.29, 0.717) is 5.56 Å². The molecule has 2 rings (SSSR count). The molecule has 27 heavy (non-hydrogen) atoms. The summed E-state index contributed by atoms with van der Waals surface area (Å²) in [5.74, 6) is -1.70. The number of urea groups is 1. The molecule has 1 aliphatic heterocycles. The Balaban J connectivity index is 2.15. The maximum atomic E-state index is 11.7. The van der Waals surface area contributed by atoms with Crippen LogP contribution in [0.1, 0.15) is 18.9 Å². The summed E-state index contributed by atoms with van der Waals surface area (Å²) < 4.78 is 3.59. The average Bonchev–Trinajstić information content (AvgIpc) is 2.57. The predicted octanol–water partition coefficient (Wildman–Crippen LogP) is 2.04. The maximum Gasteiger partial charge on any atom is 0.328 e. The van der Waals surface area contributed by atoms with Crippen molar-refractivity contribution in [1.82, 2.24) is 16.0 Å². The van der Waals surface area contributed by atoms with Gasteiger partial charge in [0.1, 0.15) is 11.3 Å². The summed E-state index contributed by atoms with van der Waals surface area (Å²) in [7, 11) is 0. The lowest BCUT2D eigenvalue weighted by atomic mass is 10.1. The van der Waals surface area contributed by atoms with Gasteiger partial charge in [-0.05, 0) is 23.8 Å². The van der Waals surface area contributed by atoms with E-state index in [0.717, 1.165) is 0 Å². The summed E-state index contributed by atoms with van der Waals surface area (Å²) >= 11 is 17.5. The van der Waals surface area contributed by atoms with Gasteiger partial charge in [-0.15, -0.1) is 0 Å². The molecular formula is C16H14Cl3N3O5. The predicted molar refractivity (Wildman–Crippen MR) is 99.2 cm³/mol. The minimum Gasteiger partial charge on any atom is -0.466 e. The molecule has 0 aromatic heterocycles. The van der Waals surface area contributed by atoms with E-state index in [9.17, 15) is 19.2 Å². The lowest BCUT2D eigenvalue weighted by molar-refractivity contribution is -0.124. The largest absolute Gasteiger partial charge is 0.466 e. The van der Waals surface area contributed by atoms with E-state index in [1.165, 1.54) is 30.3 Å². The van der Waals surface area contributed by atoms with Crippen LogP contribution in [-0.2, 0) is 14.4 Å². The van der Waals surface area contributed by atoms with Gasteiger partial charge >= 0.3 is 6.03 Å². The van der Waals surface area contributed by atoms with Crippen LogP contribution in [0.3, 0.4) is 0 Å². The molecule has 0 saturated carbocycles. The third kappa shape index (κ3) is 5.85. The van der Waals surface area contributed by atoms with Crippen molar-refractivity contribution in [2.75, 3.05) is 0 Å². The molecule has 1 unspecified atom stereocenters. The number of barbiturate groups is 1. The van der Waals surface area contributed by atoms with Crippen molar-refractivity contribution >= 4 is 64.6 Å². The van der Waals surface area contributed by atoms with Crippen molar-refractivity contribution in [3.05, 3.63) is 35.4 Å². The van der Waals surface area contributed by atoms with E-state index in [2.05, 4.69) is 5.32 Å². The average molecular weight is 435 g/mol. The van der Waals surface area contributed by atoms with E-state index >= 15 is 0 Å². The molecule has 1 aromatic carbocycles. The second kappa shape index (κ2) is 8.60. The van der Waals surface area contributed by atoms with Gasteiger partial charge in [-0.1, -0.05) is 53.9 Å². The van der Waals surface area contributed by atoms with Crippen molar-refractivity contribution in [3.63, 3.8) is 0 Å². The van der Waals surface area contributed by atoms with Gasteiger partial charge in [0.15, 0.2) is 0 Å². The highest BCUT2D eigenvalue weighted by Gasteiger charge is 2.36. The lowest BCUT2D eigenvalue weighted by Crippen LogP contribution is -2.51. The fourth-order valence-corrected chi connectivity index (χ4v) is 2.28. The van der Waals surface area contributed by atoms with Crippen LogP contribution in [0.25, 0.3) is 6.08 Å². The smallest absolute Gasteiger partial charge is 0.328 e. The standard InChI is InChI=1S/C16H14Cl3N3O5/c1-2-11(23)20-14(16(17,18)19)27-9-5-3-8(4-6-9)7-10-12(24)21-15(26)22-13(10)25/h3-7,14H,2H2,1H3,(H,20,23)(H2,21,22,24,25,26). The van der Waals surface area contributed by atoms with Gasteiger partial charge in [0.05, 0.1) is 0 Å². The quantitative estimate of drug-likeness (QED) is 0.284. The van der Waals surface area contributed by atoms with Crippen LogP contribution in [-0.4, -0.2) is 33.8 Å². The Bertz CT molecular complexity index is 781. The maximum absolute atomic E-state index is 11.7. The Hall–Kier alpha value is -2.29. The Morgan fingerprint density at radius 2 is 1.70 bits per heavy atom. The van der Waals surface area contributed by atoms with Gasteiger partial charge in [0.25, 0.3) is 11.8 Å². The highest BCUT2D eigenvalue weighted by Crippen LogP contribution is 2.32. The molecule has 5 amide bonds. The first-order valence-corrected chi connectivity index (χ1v) is 8.74. The molecule has 1 fully saturated rings. The third-order valence-electron chi connectivity index (χ3n) is 3.30. The minimum absolute atomic E-state index is 0.180. The second-order valence-corrected chi connectivity index (χ2v) is 7.69. The molecule has 0 bridgehead atoms. The van der Waals surface area contributed by atoms with E-state index in [1.807, 2.05) is 10.6 Å². The first kappa shape index (κ1) is 21.0. The highest BCUT2D eigenvalue weighted by molar-refractivity contribution is 6.68. The van der Waals surface area contributed by atoms with Crippen LogP contribution in [0, 0.1) is 0 Å². The molecule has 1 atom stereocenters. The van der Waals surface area contributed by atoms with Crippen molar-refractivity contribution in [1.29, 1.82) is 0 Å². The van der Waals surface area contributed by atoms with E-state index in [1.54, 1.807) is 6.92 Å². The lowest BCUT2D eigenvalue weighted by Gasteiger charge is -2.26. The Morgan fingerprint density at radius 3 is 2.19 bits per heavy atom. The van der Waals surface area contributed by atoms with Crippen LogP contribution >= 0.6 is 34.8 Å². The number of halogens is 3. The topological polar surface area (TPSA) is 114 Å². The first-order chi connectivity index (χ1) is 12.6. The molecule has 1 aromatic rings. The van der Waals surface area contributed by atoms with Crippen LogP contribution in [0.4, 0.5) is 4.79 Å². The number of carbonyl (C=O) groups is 4. The summed E-state index contributed by atoms with van der Waals surface area (Å²) in [5.41, 5.74) is 0.262. The van der Waals surface area contributed by atoms with Crippen LogP contribution in [0.15, 0.2) is 29.8 Å². The highest BCUT2D eigenvalue weighted by atomic mass is 35.6. The van der Waals surface area contributed by atoms with E-state index in [4.69, 9.17) is 39.5 Å². The number of ether oxygens (including phenoxy) is 1. The molecule has 8 nitrogen and oxygen atoms in total. The second-order valence-electron chi connectivity index (χ2n) is 5.32. The Morgan fingerprint density at radius 1 is 1.15 bits per heavy atom. The molecule has 1 aliphatic rings. The van der Waals surface area contributed by atoms with Crippen molar-refractivity contribution in [2.45, 2.75) is 23.4 Å². The molecule has 1 saturated heterocycles. The summed E-state index contributed by atoms with van der Waals surface area (Å²) in [6, 6.07) is 5.19. The number of benzene rings is 1. The van der Waals surface area contributed by atoms with Gasteiger partial charge in [-0.25, -0.2) is 4.79 Å². The molecule has 144 valence electrons. The van der Waals surface area contributed by atoms with Gasteiger partial charge in [-0.2, -0.15) is 0 Å². The summed E-state index contributed by atoms with van der Waals surface area (Å²) in [5, 5.41) is 6.39. The van der Waals surface area contributed by atoms with Crippen molar-refractivity contribution in [3.8, 4) is 5.75 Å². The summed E-state index contributed by atoms with van der Waals surface area (Å²) in [6.45, 7) is 1.64. The number of rotatable bonds is 5. The third-order valence-corrected chi connectivity index (χ3v) is 3.89. The van der Waals surface area contributed by atoms with Crippen LogP contribution in [0.2, 0.25) is 0 Å². The van der Waals surface area contributed by atoms with Gasteiger partial charge in [0, 0.05) is 6.42 Å². The monoisotopic (exact) mass is 433 g/mol. The summed E-state index contributed by atoms with van der Waals surface area (Å²) in [6.07, 6.45) is 0.256. The Kier molecular flexibility index (Phi) is 6.69. The number of carbonyl (C=O) groups excluding carboxylic acids is 4. The zero-order chi connectivity index (χ0) is 20.2. The molecule has 0 aliphatic carbocycles. The van der Waals surface area contributed by atoms with Crippen molar-refractivity contribution < 1.29 is 23.9 Å². The van der Waals surface area contributed by atoms with Gasteiger partial charge in [0.2, 0.25) is 15.9 Å². The molecule has 0 radical (unpaired) electrons. The number of amides is 5. The number of hydrogen-bond acceptors (Lipinski definition) is 5. The first-order valence-electron chi connectivity index (χ1n) is 7.61. The zero-order valence-electron chi connectivity index (χ0n) is 13.8. The molecule has 3 N–H and O–H groups in total. The van der Waals surface area contributed by atoms with E-state index in [-0.39, 0.29) is 23.7 Å². The summed E-state index contributed by atoms with van der Waals surface area (Å²) in [4.78, 5) is 46.0. The SMILES string of the molecule is CCC(=O)NC(Oc1ccc(C=C2C(=O)NC(=O)NC2=O)cc1)C(Cl)(Cl)Cl. The zero-order valence-corrected chi connectivity index (χ0v) is 16.1. The van der Waals surface area contributed by atoms with Crippen LogP contribution < -0.4 is 20.7 Å². The Labute approximate surface area is 169 Å².